The van der Waals surface area contributed by atoms with Crippen LogP contribution < -0.4 is 14.8 Å². The first-order chi connectivity index (χ1) is 11.6. The highest BCUT2D eigenvalue weighted by Gasteiger charge is 2.16. The van der Waals surface area contributed by atoms with Gasteiger partial charge in [-0.15, -0.1) is 0 Å². The Morgan fingerprint density at radius 2 is 1.88 bits per heavy atom. The van der Waals surface area contributed by atoms with E-state index in [4.69, 9.17) is 9.47 Å². The minimum Gasteiger partial charge on any atom is -0.493 e. The van der Waals surface area contributed by atoms with Gasteiger partial charge in [-0.25, -0.2) is 0 Å². The highest BCUT2D eigenvalue weighted by atomic mass is 16.5. The Hall–Kier alpha value is -2.72. The first-order valence-corrected chi connectivity index (χ1v) is 7.65. The SMILES string of the molecule is COc1ccc(NC(=O)/C(C#N)=C\N2CCN(C)CC2)cc1OC. The molecule has 1 aromatic carbocycles. The van der Waals surface area contributed by atoms with Crippen molar-refractivity contribution < 1.29 is 14.3 Å². The van der Waals surface area contributed by atoms with Crippen molar-refractivity contribution in [3.8, 4) is 17.6 Å². The van der Waals surface area contributed by atoms with Crippen LogP contribution in [0.15, 0.2) is 30.0 Å². The highest BCUT2D eigenvalue weighted by Crippen LogP contribution is 2.29. The van der Waals surface area contributed by atoms with Crippen molar-refractivity contribution in [2.24, 2.45) is 0 Å². The number of rotatable bonds is 5. The molecule has 0 unspecified atom stereocenters. The maximum Gasteiger partial charge on any atom is 0.267 e. The number of carbonyl (C=O) groups excluding carboxylic acids is 1. The van der Waals surface area contributed by atoms with Crippen molar-refractivity contribution in [1.82, 2.24) is 9.80 Å². The quantitative estimate of drug-likeness (QED) is 0.648. The average molecular weight is 330 g/mol. The summed E-state index contributed by atoms with van der Waals surface area (Å²) in [5.41, 5.74) is 0.617. The fourth-order valence-electron chi connectivity index (χ4n) is 2.38. The lowest BCUT2D eigenvalue weighted by atomic mass is 10.2. The first-order valence-electron chi connectivity index (χ1n) is 7.65. The summed E-state index contributed by atoms with van der Waals surface area (Å²) in [6.07, 6.45) is 1.63. The van der Waals surface area contributed by atoms with Gasteiger partial charge in [-0.3, -0.25) is 4.79 Å². The van der Waals surface area contributed by atoms with Crippen molar-refractivity contribution in [3.63, 3.8) is 0 Å². The average Bonchev–Trinajstić information content (AvgIpc) is 2.60. The molecule has 0 aliphatic carbocycles. The van der Waals surface area contributed by atoms with Crippen molar-refractivity contribution in [2.75, 3.05) is 52.8 Å². The van der Waals surface area contributed by atoms with Crippen LogP contribution in [0.5, 0.6) is 11.5 Å². The number of benzene rings is 1. The lowest BCUT2D eigenvalue weighted by Crippen LogP contribution is -2.42. The third-order valence-corrected chi connectivity index (χ3v) is 3.86. The summed E-state index contributed by atoms with van der Waals surface area (Å²) in [6.45, 7) is 3.41. The molecule has 1 amide bonds. The van der Waals surface area contributed by atoms with Gasteiger partial charge in [-0.05, 0) is 19.2 Å². The maximum atomic E-state index is 12.3. The summed E-state index contributed by atoms with van der Waals surface area (Å²) in [4.78, 5) is 16.5. The van der Waals surface area contributed by atoms with Crippen LogP contribution in [-0.4, -0.2) is 63.2 Å². The molecule has 1 heterocycles. The Labute approximate surface area is 142 Å². The Kier molecular flexibility index (Phi) is 6.04. The zero-order valence-electron chi connectivity index (χ0n) is 14.2. The summed E-state index contributed by atoms with van der Waals surface area (Å²) >= 11 is 0. The molecule has 1 aliphatic heterocycles. The number of carbonyl (C=O) groups is 1. The summed E-state index contributed by atoms with van der Waals surface area (Å²) < 4.78 is 10.4. The number of hydrogen-bond acceptors (Lipinski definition) is 6. The summed E-state index contributed by atoms with van der Waals surface area (Å²) in [6, 6.07) is 7.02. The van der Waals surface area contributed by atoms with Crippen LogP contribution in [0.25, 0.3) is 0 Å². The van der Waals surface area contributed by atoms with Crippen LogP contribution in [0, 0.1) is 11.3 Å². The van der Waals surface area contributed by atoms with Crippen molar-refractivity contribution in [1.29, 1.82) is 5.26 Å². The molecule has 128 valence electrons. The van der Waals surface area contributed by atoms with Gasteiger partial charge in [0.25, 0.3) is 5.91 Å². The largest absolute Gasteiger partial charge is 0.493 e. The van der Waals surface area contributed by atoms with E-state index < -0.39 is 5.91 Å². The zero-order valence-corrected chi connectivity index (χ0v) is 14.2. The number of nitrogens with zero attached hydrogens (tertiary/aromatic N) is 3. The molecule has 7 heteroatoms. The molecule has 1 aliphatic rings. The Bertz CT molecular complexity index is 658. The first kappa shape index (κ1) is 17.6. The molecule has 1 fully saturated rings. The second-order valence-corrected chi connectivity index (χ2v) is 5.52. The van der Waals surface area contributed by atoms with E-state index in [1.54, 1.807) is 31.5 Å². The maximum absolute atomic E-state index is 12.3. The smallest absolute Gasteiger partial charge is 0.267 e. The van der Waals surface area contributed by atoms with Crippen molar-refractivity contribution in [2.45, 2.75) is 0 Å². The van der Waals surface area contributed by atoms with Crippen LogP contribution in [-0.2, 0) is 4.79 Å². The molecule has 0 atom stereocenters. The van der Waals surface area contributed by atoms with Crippen LogP contribution in [0.2, 0.25) is 0 Å². The van der Waals surface area contributed by atoms with Crippen LogP contribution in [0.1, 0.15) is 0 Å². The van der Waals surface area contributed by atoms with Crippen molar-refractivity contribution in [3.05, 3.63) is 30.0 Å². The lowest BCUT2D eigenvalue weighted by molar-refractivity contribution is -0.112. The molecule has 2 rings (SSSR count). The molecule has 0 spiro atoms. The molecule has 0 bridgehead atoms. The molecule has 1 saturated heterocycles. The minimum absolute atomic E-state index is 0.0781. The molecular weight excluding hydrogens is 308 g/mol. The van der Waals surface area contributed by atoms with Gasteiger partial charge >= 0.3 is 0 Å². The number of nitrogens with one attached hydrogen (secondary N) is 1. The van der Waals surface area contributed by atoms with Gasteiger partial charge < -0.3 is 24.6 Å². The Morgan fingerprint density at radius 3 is 2.46 bits per heavy atom. The molecule has 24 heavy (non-hydrogen) atoms. The van der Waals surface area contributed by atoms with Gasteiger partial charge in [0.2, 0.25) is 0 Å². The predicted molar refractivity (Wildman–Crippen MR) is 90.9 cm³/mol. The van der Waals surface area contributed by atoms with E-state index in [2.05, 4.69) is 17.3 Å². The van der Waals surface area contributed by atoms with E-state index in [0.717, 1.165) is 26.2 Å². The molecule has 0 aromatic heterocycles. The number of anilines is 1. The standard InChI is InChI=1S/C17H22N4O3/c1-20-6-8-21(9-7-20)12-13(11-18)17(22)19-14-4-5-15(23-2)16(10-14)24-3/h4-5,10,12H,6-9H2,1-3H3,(H,19,22)/b13-12-. The van der Waals surface area contributed by atoms with Gasteiger partial charge in [0.1, 0.15) is 11.6 Å². The lowest BCUT2D eigenvalue weighted by Gasteiger charge is -2.31. The molecule has 0 radical (unpaired) electrons. The number of piperazine rings is 1. The van der Waals surface area contributed by atoms with E-state index >= 15 is 0 Å². The minimum atomic E-state index is -0.441. The molecule has 0 saturated carbocycles. The van der Waals surface area contributed by atoms with E-state index in [-0.39, 0.29) is 5.57 Å². The monoisotopic (exact) mass is 330 g/mol. The molecule has 1 N–H and O–H groups in total. The van der Waals surface area contributed by atoms with Crippen molar-refractivity contribution >= 4 is 11.6 Å². The normalized spacial score (nSPS) is 15.6. The van der Waals surface area contributed by atoms with Gasteiger partial charge in [-0.1, -0.05) is 0 Å². The second kappa shape index (κ2) is 8.22. The number of likely N-dealkylation sites (N-methyl/N-ethyl adjacent to an activating group) is 1. The van der Waals surface area contributed by atoms with Gasteiger partial charge in [0, 0.05) is 44.1 Å². The molecule has 7 nitrogen and oxygen atoms in total. The second-order valence-electron chi connectivity index (χ2n) is 5.52. The zero-order chi connectivity index (χ0) is 17.5. The van der Waals surface area contributed by atoms with Crippen LogP contribution in [0.4, 0.5) is 5.69 Å². The Morgan fingerprint density at radius 1 is 1.21 bits per heavy atom. The summed E-state index contributed by atoms with van der Waals surface area (Å²) in [7, 11) is 5.12. The Balaban J connectivity index is 2.08. The number of ether oxygens (including phenoxy) is 2. The third kappa shape index (κ3) is 4.40. The van der Waals surface area contributed by atoms with E-state index in [1.165, 1.54) is 7.11 Å². The molecular formula is C17H22N4O3. The predicted octanol–water partition coefficient (Wildman–Crippen LogP) is 1.30. The van der Waals surface area contributed by atoms with Gasteiger partial charge in [-0.2, -0.15) is 5.26 Å². The van der Waals surface area contributed by atoms with E-state index in [1.807, 2.05) is 11.0 Å². The summed E-state index contributed by atoms with van der Waals surface area (Å²) in [5.74, 6) is 0.643. The fourth-order valence-corrected chi connectivity index (χ4v) is 2.38. The molecule has 1 aromatic rings. The topological polar surface area (TPSA) is 77.8 Å². The van der Waals surface area contributed by atoms with E-state index in [0.29, 0.717) is 17.2 Å². The number of hydrogen-bond donors (Lipinski definition) is 1. The highest BCUT2D eigenvalue weighted by molar-refractivity contribution is 6.06. The van der Waals surface area contributed by atoms with Gasteiger partial charge in [0.15, 0.2) is 11.5 Å². The number of methoxy groups -OCH3 is 2. The third-order valence-electron chi connectivity index (χ3n) is 3.86. The van der Waals surface area contributed by atoms with Crippen LogP contribution >= 0.6 is 0 Å². The van der Waals surface area contributed by atoms with Crippen LogP contribution in [0.3, 0.4) is 0 Å². The number of nitriles is 1. The number of amides is 1. The summed E-state index contributed by atoms with van der Waals surface area (Å²) in [5, 5.41) is 12.0. The van der Waals surface area contributed by atoms with Gasteiger partial charge in [0.05, 0.1) is 14.2 Å². The van der Waals surface area contributed by atoms with E-state index in [9.17, 15) is 10.1 Å². The fraction of sp³-hybridized carbons (Fsp3) is 0.412.